The highest BCUT2D eigenvalue weighted by molar-refractivity contribution is 5.96. The maximum absolute atomic E-state index is 12.8. The quantitative estimate of drug-likeness (QED) is 0.751. The standard InChI is InChI=1S/C17H21N3O4/c1-12(21)18-7-9-19(10-8-18)17(23)16-11-20(13(2)22)14-5-3-4-6-15(14)24-16/h3-6,16H,7-11H2,1-2H3/t16-/m1/s1. The van der Waals surface area contributed by atoms with Crippen molar-refractivity contribution in [3.05, 3.63) is 24.3 Å². The Morgan fingerprint density at radius 1 is 0.958 bits per heavy atom. The highest BCUT2D eigenvalue weighted by atomic mass is 16.5. The Balaban J connectivity index is 1.73. The van der Waals surface area contributed by atoms with Crippen LogP contribution in [0.4, 0.5) is 5.69 Å². The SMILES string of the molecule is CC(=O)N1CCN(C(=O)[C@H]2CN(C(C)=O)c3ccccc3O2)CC1. The van der Waals surface area contributed by atoms with E-state index in [1.165, 1.54) is 13.8 Å². The maximum atomic E-state index is 12.8. The Morgan fingerprint density at radius 2 is 1.58 bits per heavy atom. The molecule has 128 valence electrons. The first-order valence-corrected chi connectivity index (χ1v) is 8.05. The number of ether oxygens (including phenoxy) is 1. The minimum absolute atomic E-state index is 0.0210. The molecule has 0 radical (unpaired) electrons. The molecule has 1 aromatic rings. The van der Waals surface area contributed by atoms with E-state index in [4.69, 9.17) is 4.74 Å². The van der Waals surface area contributed by atoms with E-state index in [1.54, 1.807) is 20.8 Å². The summed E-state index contributed by atoms with van der Waals surface area (Å²) >= 11 is 0. The van der Waals surface area contributed by atoms with Gasteiger partial charge in [-0.05, 0) is 12.1 Å². The molecule has 1 atom stereocenters. The van der Waals surface area contributed by atoms with Crippen molar-refractivity contribution in [1.82, 2.24) is 9.80 Å². The molecule has 0 spiro atoms. The maximum Gasteiger partial charge on any atom is 0.265 e. The number of hydrogen-bond donors (Lipinski definition) is 0. The Kier molecular flexibility index (Phi) is 4.42. The van der Waals surface area contributed by atoms with Crippen molar-refractivity contribution in [2.75, 3.05) is 37.6 Å². The number of anilines is 1. The smallest absolute Gasteiger partial charge is 0.265 e. The number of amides is 3. The lowest BCUT2D eigenvalue weighted by Gasteiger charge is -2.39. The van der Waals surface area contributed by atoms with Crippen LogP contribution in [0.2, 0.25) is 0 Å². The van der Waals surface area contributed by atoms with Crippen LogP contribution in [0.15, 0.2) is 24.3 Å². The zero-order chi connectivity index (χ0) is 17.3. The molecule has 7 nitrogen and oxygen atoms in total. The van der Waals surface area contributed by atoms with E-state index < -0.39 is 6.10 Å². The summed E-state index contributed by atoms with van der Waals surface area (Å²) < 4.78 is 5.84. The Labute approximate surface area is 140 Å². The number of carbonyl (C=O) groups excluding carboxylic acids is 3. The number of rotatable bonds is 1. The molecule has 0 aromatic heterocycles. The monoisotopic (exact) mass is 331 g/mol. The van der Waals surface area contributed by atoms with Crippen molar-refractivity contribution in [3.63, 3.8) is 0 Å². The second-order valence-corrected chi connectivity index (χ2v) is 6.04. The fourth-order valence-corrected chi connectivity index (χ4v) is 3.11. The third-order valence-electron chi connectivity index (χ3n) is 4.47. The molecule has 2 aliphatic heterocycles. The Bertz CT molecular complexity index is 668. The van der Waals surface area contributed by atoms with E-state index in [1.807, 2.05) is 18.2 Å². The van der Waals surface area contributed by atoms with Crippen molar-refractivity contribution >= 4 is 23.4 Å². The summed E-state index contributed by atoms with van der Waals surface area (Å²) in [6.45, 7) is 5.25. The van der Waals surface area contributed by atoms with Crippen LogP contribution < -0.4 is 9.64 Å². The van der Waals surface area contributed by atoms with Gasteiger partial charge in [0.2, 0.25) is 11.8 Å². The molecule has 0 bridgehead atoms. The summed E-state index contributed by atoms with van der Waals surface area (Å²) in [6.07, 6.45) is -0.715. The molecule has 0 N–H and O–H groups in total. The van der Waals surface area contributed by atoms with Crippen LogP contribution in [0, 0.1) is 0 Å². The predicted molar refractivity (Wildman–Crippen MR) is 87.7 cm³/mol. The number of para-hydroxylation sites is 2. The molecule has 2 heterocycles. The summed E-state index contributed by atoms with van der Waals surface area (Å²) in [5, 5.41) is 0. The first-order valence-electron chi connectivity index (χ1n) is 8.05. The van der Waals surface area contributed by atoms with Crippen LogP contribution in [0.1, 0.15) is 13.8 Å². The summed E-state index contributed by atoms with van der Waals surface area (Å²) in [5.74, 6) is 0.302. The molecular formula is C17H21N3O4. The molecule has 0 unspecified atom stereocenters. The fourth-order valence-electron chi connectivity index (χ4n) is 3.11. The molecule has 0 aliphatic carbocycles. The van der Waals surface area contributed by atoms with Gasteiger partial charge in [-0.1, -0.05) is 12.1 Å². The third kappa shape index (κ3) is 3.06. The summed E-state index contributed by atoms with van der Waals surface area (Å²) in [5.41, 5.74) is 0.690. The molecule has 24 heavy (non-hydrogen) atoms. The lowest BCUT2D eigenvalue weighted by atomic mass is 10.1. The average molecular weight is 331 g/mol. The van der Waals surface area contributed by atoms with E-state index >= 15 is 0 Å². The Morgan fingerprint density at radius 3 is 2.21 bits per heavy atom. The van der Waals surface area contributed by atoms with Crippen LogP contribution in [0.3, 0.4) is 0 Å². The molecule has 1 aromatic carbocycles. The van der Waals surface area contributed by atoms with Gasteiger partial charge in [0, 0.05) is 40.0 Å². The third-order valence-corrected chi connectivity index (χ3v) is 4.47. The highest BCUT2D eigenvalue weighted by Crippen LogP contribution is 2.33. The molecule has 0 saturated carbocycles. The highest BCUT2D eigenvalue weighted by Gasteiger charge is 2.36. The second kappa shape index (κ2) is 6.51. The van der Waals surface area contributed by atoms with Crippen molar-refractivity contribution < 1.29 is 19.1 Å². The number of nitrogens with zero attached hydrogens (tertiary/aromatic N) is 3. The minimum atomic E-state index is -0.715. The topological polar surface area (TPSA) is 70.2 Å². The van der Waals surface area contributed by atoms with Gasteiger partial charge in [-0.2, -0.15) is 0 Å². The Hall–Kier alpha value is -2.57. The average Bonchev–Trinajstić information content (AvgIpc) is 2.60. The molecular weight excluding hydrogens is 310 g/mol. The first kappa shape index (κ1) is 16.3. The van der Waals surface area contributed by atoms with Gasteiger partial charge < -0.3 is 19.4 Å². The number of piperazine rings is 1. The molecule has 3 rings (SSSR count). The molecule has 2 aliphatic rings. The van der Waals surface area contributed by atoms with Gasteiger partial charge >= 0.3 is 0 Å². The van der Waals surface area contributed by atoms with E-state index in [0.717, 1.165) is 0 Å². The van der Waals surface area contributed by atoms with Crippen LogP contribution >= 0.6 is 0 Å². The van der Waals surface area contributed by atoms with Gasteiger partial charge in [0.25, 0.3) is 5.91 Å². The molecule has 7 heteroatoms. The summed E-state index contributed by atoms with van der Waals surface area (Å²) in [7, 11) is 0. The number of hydrogen-bond acceptors (Lipinski definition) is 4. The second-order valence-electron chi connectivity index (χ2n) is 6.04. The van der Waals surface area contributed by atoms with Crippen molar-refractivity contribution in [1.29, 1.82) is 0 Å². The van der Waals surface area contributed by atoms with Gasteiger partial charge in [0.15, 0.2) is 6.10 Å². The van der Waals surface area contributed by atoms with Crippen LogP contribution in [0.5, 0.6) is 5.75 Å². The zero-order valence-corrected chi connectivity index (χ0v) is 13.9. The van der Waals surface area contributed by atoms with E-state index in [2.05, 4.69) is 0 Å². The first-order chi connectivity index (χ1) is 11.5. The van der Waals surface area contributed by atoms with Crippen molar-refractivity contribution in [2.24, 2.45) is 0 Å². The van der Waals surface area contributed by atoms with Gasteiger partial charge in [-0.3, -0.25) is 14.4 Å². The largest absolute Gasteiger partial charge is 0.476 e. The summed E-state index contributed by atoms with van der Waals surface area (Å²) in [6, 6.07) is 7.22. The predicted octanol–water partition coefficient (Wildman–Crippen LogP) is 0.491. The van der Waals surface area contributed by atoms with Gasteiger partial charge in [0.1, 0.15) is 5.75 Å². The number of carbonyl (C=O) groups is 3. The van der Waals surface area contributed by atoms with Gasteiger partial charge in [0.05, 0.1) is 12.2 Å². The lowest BCUT2D eigenvalue weighted by molar-refractivity contribution is -0.143. The van der Waals surface area contributed by atoms with Gasteiger partial charge in [-0.25, -0.2) is 0 Å². The summed E-state index contributed by atoms with van der Waals surface area (Å²) in [4.78, 5) is 41.1. The lowest BCUT2D eigenvalue weighted by Crippen LogP contribution is -2.56. The molecule has 1 fully saturated rings. The molecule has 3 amide bonds. The van der Waals surface area contributed by atoms with Crippen LogP contribution in [0.25, 0.3) is 0 Å². The molecule has 1 saturated heterocycles. The number of fused-ring (bicyclic) bond motifs is 1. The van der Waals surface area contributed by atoms with Crippen molar-refractivity contribution in [3.8, 4) is 5.75 Å². The van der Waals surface area contributed by atoms with E-state index in [0.29, 0.717) is 37.6 Å². The fraction of sp³-hybridized carbons (Fsp3) is 0.471. The van der Waals surface area contributed by atoms with Crippen LogP contribution in [-0.4, -0.2) is 66.3 Å². The minimum Gasteiger partial charge on any atom is -0.476 e. The normalized spacial score (nSPS) is 20.2. The zero-order valence-electron chi connectivity index (χ0n) is 13.9. The van der Waals surface area contributed by atoms with E-state index in [9.17, 15) is 14.4 Å². The number of benzene rings is 1. The van der Waals surface area contributed by atoms with Gasteiger partial charge in [-0.15, -0.1) is 0 Å². The van der Waals surface area contributed by atoms with Crippen LogP contribution in [-0.2, 0) is 14.4 Å². The van der Waals surface area contributed by atoms with Crippen molar-refractivity contribution in [2.45, 2.75) is 20.0 Å². The van der Waals surface area contributed by atoms with E-state index in [-0.39, 0.29) is 24.3 Å².